The molecule has 7 nitrogen and oxygen atoms in total. The molecule has 1 fully saturated rings. The van der Waals surface area contributed by atoms with Crippen LogP contribution in [0.1, 0.15) is 0 Å². The zero-order valence-electron chi connectivity index (χ0n) is 16.5. The van der Waals surface area contributed by atoms with Gasteiger partial charge in [0.05, 0.1) is 14.2 Å². The van der Waals surface area contributed by atoms with E-state index in [1.807, 2.05) is 48.5 Å². The van der Waals surface area contributed by atoms with Gasteiger partial charge < -0.3 is 23.8 Å². The van der Waals surface area contributed by atoms with Crippen LogP contribution in [0.3, 0.4) is 0 Å². The molecule has 32 heavy (non-hydrogen) atoms. The van der Waals surface area contributed by atoms with Crippen molar-refractivity contribution in [2.75, 3.05) is 37.1 Å². The normalized spacial score (nSPS) is 13.4. The standard InChI is InChI=1S/C17H18N2O2S.CHF3O3S.2Ag/c1-20-15-7-3-13(4-8-15)18-11-12-19(17(18)22)14-5-9-16(21-2)10-6-14;2-1(3,4)8(5,6)7;;/h3-10H,11-12H2,1-2H3;(H,5,6,7);;/q;;2*+1/p-1. The predicted molar refractivity (Wildman–Crippen MR) is 109 cm³/mol. The van der Waals surface area contributed by atoms with Crippen molar-refractivity contribution in [2.24, 2.45) is 0 Å². The molecule has 0 spiro atoms. The van der Waals surface area contributed by atoms with Gasteiger partial charge in [-0.05, 0) is 60.7 Å². The first-order valence-corrected chi connectivity index (χ1v) is 10.2. The van der Waals surface area contributed by atoms with Gasteiger partial charge >= 0.3 is 50.3 Å². The van der Waals surface area contributed by atoms with Crippen molar-refractivity contribution in [1.29, 1.82) is 0 Å². The molecule has 184 valence electrons. The molecule has 1 aliphatic heterocycles. The molecular formula is C18H18Ag2F3N2O5S2+. The molecule has 0 aliphatic carbocycles. The molecule has 0 N–H and O–H groups in total. The van der Waals surface area contributed by atoms with E-state index in [9.17, 15) is 13.2 Å². The average molecular weight is 679 g/mol. The van der Waals surface area contributed by atoms with Crippen LogP contribution in [0.2, 0.25) is 0 Å². The van der Waals surface area contributed by atoms with Crippen molar-refractivity contribution in [3.05, 3.63) is 48.5 Å². The predicted octanol–water partition coefficient (Wildman–Crippen LogP) is 3.36. The summed E-state index contributed by atoms with van der Waals surface area (Å²) >= 11 is 5.64. The van der Waals surface area contributed by atoms with Crippen molar-refractivity contribution >= 4 is 38.8 Å². The second kappa shape index (κ2) is 13.0. The van der Waals surface area contributed by atoms with Gasteiger partial charge in [0.15, 0.2) is 15.2 Å². The Morgan fingerprint density at radius 3 is 1.34 bits per heavy atom. The number of alkyl halides is 3. The molecule has 0 aromatic heterocycles. The van der Waals surface area contributed by atoms with Gasteiger partial charge in [0.2, 0.25) is 0 Å². The Bertz CT molecular complexity index is 918. The van der Waals surface area contributed by atoms with Gasteiger partial charge in [-0.2, -0.15) is 13.2 Å². The number of ether oxygens (including phenoxy) is 2. The summed E-state index contributed by atoms with van der Waals surface area (Å²) in [4.78, 5) is 4.28. The summed E-state index contributed by atoms with van der Waals surface area (Å²) in [6.07, 6.45) is 0. The molecular weight excluding hydrogens is 661 g/mol. The molecule has 0 amide bonds. The van der Waals surface area contributed by atoms with Crippen LogP contribution in [0.5, 0.6) is 11.5 Å². The maximum absolute atomic E-state index is 10.7. The molecule has 1 heterocycles. The van der Waals surface area contributed by atoms with E-state index in [0.29, 0.717) is 0 Å². The van der Waals surface area contributed by atoms with Gasteiger partial charge in [-0.3, -0.25) is 0 Å². The van der Waals surface area contributed by atoms with E-state index in [0.717, 1.165) is 41.1 Å². The molecule has 2 aromatic rings. The molecule has 0 radical (unpaired) electrons. The number of halogens is 3. The minimum absolute atomic E-state index is 0. The summed E-state index contributed by atoms with van der Waals surface area (Å²) in [7, 11) is -2.76. The van der Waals surface area contributed by atoms with E-state index in [1.54, 1.807) is 14.2 Å². The quantitative estimate of drug-likeness (QED) is 0.211. The first kappa shape index (κ1) is 30.9. The fourth-order valence-electron chi connectivity index (χ4n) is 2.54. The van der Waals surface area contributed by atoms with Gasteiger partial charge in [0.1, 0.15) is 11.5 Å². The fraction of sp³-hybridized carbons (Fsp3) is 0.278. The van der Waals surface area contributed by atoms with E-state index < -0.39 is 15.6 Å². The Kier molecular flexibility index (Phi) is 12.5. The van der Waals surface area contributed by atoms with Crippen LogP contribution in [0.4, 0.5) is 24.5 Å². The van der Waals surface area contributed by atoms with Crippen LogP contribution < -0.4 is 19.3 Å². The molecule has 2 aromatic carbocycles. The van der Waals surface area contributed by atoms with Crippen LogP contribution in [0, 0.1) is 0 Å². The second-order valence-electron chi connectivity index (χ2n) is 5.88. The van der Waals surface area contributed by atoms with Crippen molar-refractivity contribution < 1.29 is 80.4 Å². The molecule has 0 bridgehead atoms. The minimum Gasteiger partial charge on any atom is -0.741 e. The third kappa shape index (κ3) is 8.04. The number of rotatable bonds is 4. The van der Waals surface area contributed by atoms with E-state index in [4.69, 9.17) is 34.7 Å². The van der Waals surface area contributed by atoms with Crippen molar-refractivity contribution in [3.63, 3.8) is 0 Å². The maximum Gasteiger partial charge on any atom is 1.00 e. The van der Waals surface area contributed by atoms with Crippen LogP contribution >= 0.6 is 12.2 Å². The zero-order valence-corrected chi connectivity index (χ0v) is 21.1. The molecule has 0 saturated carbocycles. The zero-order chi connectivity index (χ0) is 22.5. The Morgan fingerprint density at radius 1 is 0.844 bits per heavy atom. The van der Waals surface area contributed by atoms with Gasteiger partial charge in [-0.1, -0.05) is 0 Å². The summed E-state index contributed by atoms with van der Waals surface area (Å²) < 4.78 is 69.3. The minimum atomic E-state index is -6.09. The summed E-state index contributed by atoms with van der Waals surface area (Å²) in [5, 5.41) is 0.815. The Morgan fingerprint density at radius 2 is 1.12 bits per heavy atom. The van der Waals surface area contributed by atoms with Gasteiger partial charge in [0, 0.05) is 24.5 Å². The SMILES string of the molecule is COc1ccc(N2CCN(c3ccc(OC)cc3)C2=S)cc1.O=S(=O)([O-])C(F)(F)F.[Ag+].[Ag+]. The number of hydrogen-bond donors (Lipinski definition) is 0. The fourth-order valence-corrected chi connectivity index (χ4v) is 2.93. The van der Waals surface area contributed by atoms with Gasteiger partial charge in [-0.15, -0.1) is 0 Å². The molecule has 14 heteroatoms. The first-order chi connectivity index (χ1) is 14.0. The third-order valence-electron chi connectivity index (χ3n) is 4.06. The van der Waals surface area contributed by atoms with E-state index >= 15 is 0 Å². The number of benzene rings is 2. The molecule has 0 unspecified atom stereocenters. The van der Waals surface area contributed by atoms with Crippen molar-refractivity contribution in [3.8, 4) is 11.5 Å². The third-order valence-corrected chi connectivity index (χ3v) is 5.07. The molecule has 1 aliphatic rings. The maximum atomic E-state index is 10.7. The van der Waals surface area contributed by atoms with Crippen LogP contribution in [-0.4, -0.2) is 50.9 Å². The molecule has 3 rings (SSSR count). The van der Waals surface area contributed by atoms with Gasteiger partial charge in [0.25, 0.3) is 0 Å². The summed E-state index contributed by atoms with van der Waals surface area (Å²) in [5.41, 5.74) is -3.48. The van der Waals surface area contributed by atoms with E-state index in [2.05, 4.69) is 9.80 Å². The average Bonchev–Trinajstić information content (AvgIpc) is 3.08. The van der Waals surface area contributed by atoms with Gasteiger partial charge in [-0.25, -0.2) is 8.42 Å². The second-order valence-corrected chi connectivity index (χ2v) is 7.62. The van der Waals surface area contributed by atoms with Crippen LogP contribution in [0.15, 0.2) is 48.5 Å². The van der Waals surface area contributed by atoms with Crippen LogP contribution in [-0.2, 0) is 54.9 Å². The summed E-state index contributed by atoms with van der Waals surface area (Å²) in [6.45, 7) is 1.74. The summed E-state index contributed by atoms with van der Waals surface area (Å²) in [5.74, 6) is 1.70. The number of anilines is 2. The first-order valence-electron chi connectivity index (χ1n) is 8.37. The van der Waals surface area contributed by atoms with Crippen molar-refractivity contribution in [1.82, 2.24) is 0 Å². The number of thiocarbonyl (C=S) groups is 1. The Labute approximate surface area is 220 Å². The number of hydrogen-bond acceptors (Lipinski definition) is 6. The number of nitrogens with zero attached hydrogens (tertiary/aromatic N) is 2. The molecule has 1 saturated heterocycles. The Hall–Kier alpha value is -1.09. The molecule has 0 atom stereocenters. The van der Waals surface area contributed by atoms with Crippen molar-refractivity contribution in [2.45, 2.75) is 5.51 Å². The van der Waals surface area contributed by atoms with Crippen LogP contribution in [0.25, 0.3) is 0 Å². The summed E-state index contributed by atoms with van der Waals surface area (Å²) in [6, 6.07) is 15.9. The number of methoxy groups -OCH3 is 2. The largest absolute Gasteiger partial charge is 1.00 e. The monoisotopic (exact) mass is 677 g/mol. The Balaban J connectivity index is 0.000000834. The van der Waals surface area contributed by atoms with E-state index in [-0.39, 0.29) is 44.8 Å². The van der Waals surface area contributed by atoms with E-state index in [1.165, 1.54) is 0 Å². The smallest absolute Gasteiger partial charge is 0.741 e. The topological polar surface area (TPSA) is 82.1 Å².